The Labute approximate surface area is 186 Å². The quantitative estimate of drug-likeness (QED) is 0.286. The number of oxazole rings is 1. The number of unbranched alkanes of at least 4 members (excludes halogenated alkanes) is 1. The Bertz CT molecular complexity index is 1520. The van der Waals surface area contributed by atoms with Crippen LogP contribution < -0.4 is 0 Å². The van der Waals surface area contributed by atoms with Gasteiger partial charge in [0.1, 0.15) is 5.52 Å². The van der Waals surface area contributed by atoms with Gasteiger partial charge in [-0.25, -0.2) is 4.98 Å². The molecule has 0 unspecified atom stereocenters. The van der Waals surface area contributed by atoms with Gasteiger partial charge in [-0.15, -0.1) is 0 Å². The molecule has 4 aromatic carbocycles. The van der Waals surface area contributed by atoms with Gasteiger partial charge in [-0.1, -0.05) is 49.7 Å². The van der Waals surface area contributed by atoms with Crippen LogP contribution in [-0.2, 0) is 6.42 Å². The van der Waals surface area contributed by atoms with Gasteiger partial charge in [0.2, 0.25) is 5.89 Å². The molecule has 3 nitrogen and oxygen atoms in total. The number of nitrogens with zero attached hydrogens (tertiary/aromatic N) is 2. The van der Waals surface area contributed by atoms with Crippen LogP contribution in [0, 0.1) is 0 Å². The molecular formula is C29H24N2O. The van der Waals surface area contributed by atoms with E-state index in [0.717, 1.165) is 28.8 Å². The summed E-state index contributed by atoms with van der Waals surface area (Å²) in [5, 5.41) is 2.61. The van der Waals surface area contributed by atoms with Gasteiger partial charge in [0.25, 0.3) is 0 Å². The molecule has 0 saturated heterocycles. The molecule has 6 rings (SSSR count). The Hall–Kier alpha value is -3.85. The second-order valence-corrected chi connectivity index (χ2v) is 8.34. The molecule has 0 bridgehead atoms. The third-order valence-corrected chi connectivity index (χ3v) is 6.22. The van der Waals surface area contributed by atoms with Crippen LogP contribution in [0.25, 0.3) is 50.0 Å². The lowest BCUT2D eigenvalue weighted by Crippen LogP contribution is -1.94. The van der Waals surface area contributed by atoms with E-state index in [4.69, 9.17) is 4.42 Å². The standard InChI is InChI=1S/C29H24N2O/c1-2-3-8-20-13-18-27-24(19-20)23-9-4-6-11-26(23)31(27)22-16-14-21(15-17-22)29-30-25-10-5-7-12-28(25)32-29/h4-7,9-19H,2-3,8H2,1H3. The van der Waals surface area contributed by atoms with Gasteiger partial charge in [0, 0.05) is 22.0 Å². The fourth-order valence-electron chi connectivity index (χ4n) is 4.58. The SMILES string of the molecule is CCCCc1ccc2c(c1)c1ccccc1n2-c1ccc(-c2nc3ccccc3o2)cc1. The number of rotatable bonds is 5. The van der Waals surface area contributed by atoms with Gasteiger partial charge in [-0.2, -0.15) is 0 Å². The summed E-state index contributed by atoms with van der Waals surface area (Å²) >= 11 is 0. The molecular weight excluding hydrogens is 392 g/mol. The molecule has 6 aromatic rings. The van der Waals surface area contributed by atoms with Crippen LogP contribution >= 0.6 is 0 Å². The molecule has 156 valence electrons. The molecule has 0 fully saturated rings. The highest BCUT2D eigenvalue weighted by Gasteiger charge is 2.13. The molecule has 0 amide bonds. The predicted molar refractivity (Wildman–Crippen MR) is 132 cm³/mol. The summed E-state index contributed by atoms with van der Waals surface area (Å²) in [5.41, 5.74) is 7.69. The lowest BCUT2D eigenvalue weighted by molar-refractivity contribution is 0.620. The van der Waals surface area contributed by atoms with Crippen molar-refractivity contribution in [1.29, 1.82) is 0 Å². The number of hydrogen-bond donors (Lipinski definition) is 0. The molecule has 32 heavy (non-hydrogen) atoms. The molecule has 0 N–H and O–H groups in total. The molecule has 3 heteroatoms. The van der Waals surface area contributed by atoms with Gasteiger partial charge in [-0.05, 0) is 73.0 Å². The zero-order chi connectivity index (χ0) is 21.5. The minimum absolute atomic E-state index is 0.653. The van der Waals surface area contributed by atoms with Crippen LogP contribution in [0.5, 0.6) is 0 Å². The molecule has 0 spiro atoms. The first-order valence-electron chi connectivity index (χ1n) is 11.3. The Morgan fingerprint density at radius 2 is 1.56 bits per heavy atom. The molecule has 0 aliphatic carbocycles. The van der Waals surface area contributed by atoms with Crippen LogP contribution in [0.4, 0.5) is 0 Å². The van der Waals surface area contributed by atoms with Crippen LogP contribution in [-0.4, -0.2) is 9.55 Å². The Balaban J connectivity index is 1.46. The van der Waals surface area contributed by atoms with Crippen molar-refractivity contribution in [3.63, 3.8) is 0 Å². The number of fused-ring (bicyclic) bond motifs is 4. The zero-order valence-electron chi connectivity index (χ0n) is 18.1. The average molecular weight is 417 g/mol. The third kappa shape index (κ3) is 3.09. The van der Waals surface area contributed by atoms with Crippen LogP contribution in [0.15, 0.2) is 95.4 Å². The van der Waals surface area contributed by atoms with E-state index >= 15 is 0 Å². The van der Waals surface area contributed by atoms with Crippen molar-refractivity contribution < 1.29 is 4.42 Å². The number of aromatic nitrogens is 2. The van der Waals surface area contributed by atoms with Crippen molar-refractivity contribution in [3.8, 4) is 17.1 Å². The van der Waals surface area contributed by atoms with Crippen LogP contribution in [0.3, 0.4) is 0 Å². The molecule has 2 heterocycles. The summed E-state index contributed by atoms with van der Waals surface area (Å²) in [6, 6.07) is 32.0. The first-order valence-corrected chi connectivity index (χ1v) is 11.3. The average Bonchev–Trinajstić information content (AvgIpc) is 3.42. The van der Waals surface area contributed by atoms with E-state index in [2.05, 4.69) is 83.2 Å². The van der Waals surface area contributed by atoms with E-state index in [0.29, 0.717) is 5.89 Å². The maximum Gasteiger partial charge on any atom is 0.227 e. The molecule has 0 saturated carbocycles. The van der Waals surface area contributed by atoms with Gasteiger partial charge in [0.05, 0.1) is 11.0 Å². The van der Waals surface area contributed by atoms with E-state index in [1.807, 2.05) is 24.3 Å². The first kappa shape index (κ1) is 18.9. The number of aryl methyl sites for hydroxylation is 1. The lowest BCUT2D eigenvalue weighted by atomic mass is 10.0. The second-order valence-electron chi connectivity index (χ2n) is 8.34. The summed E-state index contributed by atoms with van der Waals surface area (Å²) in [6.45, 7) is 2.24. The predicted octanol–water partition coefficient (Wildman–Crippen LogP) is 7.93. The number of para-hydroxylation sites is 3. The van der Waals surface area contributed by atoms with Crippen molar-refractivity contribution in [2.24, 2.45) is 0 Å². The lowest BCUT2D eigenvalue weighted by Gasteiger charge is -2.09. The molecule has 0 atom stereocenters. The summed E-state index contributed by atoms with van der Waals surface area (Å²) in [4.78, 5) is 4.64. The van der Waals surface area contributed by atoms with Gasteiger partial charge in [-0.3, -0.25) is 0 Å². The van der Waals surface area contributed by atoms with Crippen molar-refractivity contribution in [1.82, 2.24) is 9.55 Å². The minimum Gasteiger partial charge on any atom is -0.436 e. The fourth-order valence-corrected chi connectivity index (χ4v) is 4.58. The molecule has 2 aromatic heterocycles. The van der Waals surface area contributed by atoms with Crippen LogP contribution in [0.2, 0.25) is 0 Å². The smallest absolute Gasteiger partial charge is 0.227 e. The monoisotopic (exact) mass is 416 g/mol. The molecule has 0 aliphatic rings. The highest BCUT2D eigenvalue weighted by molar-refractivity contribution is 6.09. The van der Waals surface area contributed by atoms with Gasteiger partial charge >= 0.3 is 0 Å². The summed E-state index contributed by atoms with van der Waals surface area (Å²) < 4.78 is 8.30. The van der Waals surface area contributed by atoms with E-state index in [-0.39, 0.29) is 0 Å². The topological polar surface area (TPSA) is 31.0 Å². The molecule has 0 aliphatic heterocycles. The van der Waals surface area contributed by atoms with Gasteiger partial charge in [0.15, 0.2) is 5.58 Å². The summed E-state index contributed by atoms with van der Waals surface area (Å²) in [7, 11) is 0. The third-order valence-electron chi connectivity index (χ3n) is 6.22. The number of benzene rings is 4. The second kappa shape index (κ2) is 7.69. The Kier molecular flexibility index (Phi) is 4.53. The fraction of sp³-hybridized carbons (Fsp3) is 0.138. The van der Waals surface area contributed by atoms with Crippen LogP contribution in [0.1, 0.15) is 25.3 Å². The van der Waals surface area contributed by atoms with Crippen molar-refractivity contribution in [3.05, 3.63) is 96.6 Å². The minimum atomic E-state index is 0.653. The van der Waals surface area contributed by atoms with E-state index < -0.39 is 0 Å². The number of hydrogen-bond acceptors (Lipinski definition) is 2. The summed E-state index contributed by atoms with van der Waals surface area (Å²) in [6.07, 6.45) is 3.57. The Morgan fingerprint density at radius 1 is 0.781 bits per heavy atom. The highest BCUT2D eigenvalue weighted by Crippen LogP contribution is 2.33. The van der Waals surface area contributed by atoms with E-state index in [1.165, 1.54) is 40.2 Å². The first-order chi connectivity index (χ1) is 15.8. The highest BCUT2D eigenvalue weighted by atomic mass is 16.3. The van der Waals surface area contributed by atoms with Crippen molar-refractivity contribution in [2.75, 3.05) is 0 Å². The normalized spacial score (nSPS) is 11.7. The molecule has 0 radical (unpaired) electrons. The zero-order valence-corrected chi connectivity index (χ0v) is 18.1. The summed E-state index contributed by atoms with van der Waals surface area (Å²) in [5.74, 6) is 0.653. The maximum absolute atomic E-state index is 5.95. The van der Waals surface area contributed by atoms with E-state index in [1.54, 1.807) is 0 Å². The largest absolute Gasteiger partial charge is 0.436 e. The van der Waals surface area contributed by atoms with E-state index in [9.17, 15) is 0 Å². The van der Waals surface area contributed by atoms with Gasteiger partial charge < -0.3 is 8.98 Å². The maximum atomic E-state index is 5.95. The van der Waals surface area contributed by atoms with Crippen molar-refractivity contribution in [2.45, 2.75) is 26.2 Å². The Morgan fingerprint density at radius 3 is 2.41 bits per heavy atom. The van der Waals surface area contributed by atoms with Crippen molar-refractivity contribution >= 4 is 32.9 Å².